The van der Waals surface area contributed by atoms with E-state index in [1.165, 1.54) is 0 Å². The zero-order chi connectivity index (χ0) is 17.7. The van der Waals surface area contributed by atoms with Crippen LogP contribution in [0.3, 0.4) is 0 Å². The van der Waals surface area contributed by atoms with E-state index in [-0.39, 0.29) is 29.1 Å². The number of hydrogen-bond donors (Lipinski definition) is 1. The number of ketones is 1. The average Bonchev–Trinajstić information content (AvgIpc) is 3.02. The molecule has 2 fully saturated rings. The van der Waals surface area contributed by atoms with Crippen LogP contribution in [-0.2, 0) is 9.53 Å². The molecule has 3 nitrogen and oxygen atoms in total. The number of aliphatic hydroxyl groups is 1. The van der Waals surface area contributed by atoms with Crippen molar-refractivity contribution in [1.82, 2.24) is 0 Å². The standard InChI is InChI=1S/C21H30O3/c1-12-9-14-13(17(12)24-6)11-20(5)16(22)10-15-18(2,3)7-8-19(15,4)21(14,20)23/h7-8,10,12-14,17,23H,9,11H2,1-6H3/t12-,13+,14+,17+,19-,20-,21-/m1/s1. The Hall–Kier alpha value is -0.930. The zero-order valence-electron chi connectivity index (χ0n) is 15.7. The lowest BCUT2D eigenvalue weighted by Crippen LogP contribution is -2.63. The normalized spacial score (nSPS) is 54.5. The molecule has 0 amide bonds. The Balaban J connectivity index is 1.93. The number of ether oxygens (including phenoxy) is 1. The molecule has 7 atom stereocenters. The highest BCUT2D eigenvalue weighted by Crippen LogP contribution is 2.72. The van der Waals surface area contributed by atoms with Crippen molar-refractivity contribution in [1.29, 1.82) is 0 Å². The fourth-order valence-electron chi connectivity index (χ4n) is 6.97. The van der Waals surface area contributed by atoms with E-state index in [0.717, 1.165) is 18.4 Å². The first-order valence-corrected chi connectivity index (χ1v) is 9.25. The van der Waals surface area contributed by atoms with Gasteiger partial charge in [-0.15, -0.1) is 0 Å². The molecule has 0 spiro atoms. The Labute approximate surface area is 145 Å². The molecule has 0 heterocycles. The average molecular weight is 330 g/mol. The first-order chi connectivity index (χ1) is 11.0. The lowest BCUT2D eigenvalue weighted by Gasteiger charge is -2.55. The zero-order valence-corrected chi connectivity index (χ0v) is 15.7. The second kappa shape index (κ2) is 4.42. The van der Waals surface area contributed by atoms with E-state index in [1.54, 1.807) is 7.11 Å². The van der Waals surface area contributed by atoms with Gasteiger partial charge < -0.3 is 9.84 Å². The van der Waals surface area contributed by atoms with Crippen LogP contribution >= 0.6 is 0 Å². The summed E-state index contributed by atoms with van der Waals surface area (Å²) in [4.78, 5) is 13.2. The minimum atomic E-state index is -1.03. The summed E-state index contributed by atoms with van der Waals surface area (Å²) >= 11 is 0. The van der Waals surface area contributed by atoms with Crippen LogP contribution in [0.2, 0.25) is 0 Å². The maximum atomic E-state index is 13.2. The van der Waals surface area contributed by atoms with Crippen molar-refractivity contribution >= 4 is 5.78 Å². The molecule has 1 N–H and O–H groups in total. The summed E-state index contributed by atoms with van der Waals surface area (Å²) in [5.41, 5.74) is -1.32. The van der Waals surface area contributed by atoms with Crippen molar-refractivity contribution in [3.8, 4) is 0 Å². The largest absolute Gasteiger partial charge is 0.387 e. The third-order valence-electron chi connectivity index (χ3n) is 8.12. The van der Waals surface area contributed by atoms with Gasteiger partial charge in [0.05, 0.1) is 17.1 Å². The Morgan fingerprint density at radius 3 is 2.50 bits per heavy atom. The molecule has 0 saturated heterocycles. The van der Waals surface area contributed by atoms with Crippen LogP contribution in [-0.4, -0.2) is 29.7 Å². The van der Waals surface area contributed by atoms with Crippen molar-refractivity contribution in [3.63, 3.8) is 0 Å². The highest BCUT2D eigenvalue weighted by molar-refractivity contribution is 5.99. The molecule has 4 aliphatic rings. The van der Waals surface area contributed by atoms with Gasteiger partial charge in [0.15, 0.2) is 5.78 Å². The Bertz CT molecular complexity index is 675. The lowest BCUT2D eigenvalue weighted by molar-refractivity contribution is -0.166. The molecular formula is C21H30O3. The SMILES string of the molecule is CO[C@@H]1[C@H]2C[C@]3(C)C(=O)C=C4C(C)(C)C=C[C@@]4(C)[C@]3(O)[C@H]2C[C@H]1C. The van der Waals surface area contributed by atoms with E-state index in [2.05, 4.69) is 39.8 Å². The van der Waals surface area contributed by atoms with Crippen LogP contribution in [0.15, 0.2) is 23.8 Å². The monoisotopic (exact) mass is 330 g/mol. The predicted octanol–water partition coefficient (Wildman–Crippen LogP) is 3.53. The minimum Gasteiger partial charge on any atom is -0.387 e. The summed E-state index contributed by atoms with van der Waals surface area (Å²) in [5, 5.41) is 12.2. The van der Waals surface area contributed by atoms with Gasteiger partial charge in [-0.05, 0) is 56.1 Å². The summed E-state index contributed by atoms with van der Waals surface area (Å²) in [6.45, 7) is 10.6. The maximum Gasteiger partial charge on any atom is 0.164 e. The second-order valence-corrected chi connectivity index (χ2v) is 9.67. The molecule has 24 heavy (non-hydrogen) atoms. The van der Waals surface area contributed by atoms with Gasteiger partial charge in [-0.1, -0.05) is 32.9 Å². The number of rotatable bonds is 1. The summed E-state index contributed by atoms with van der Waals surface area (Å²) in [6.07, 6.45) is 8.00. The first-order valence-electron chi connectivity index (χ1n) is 9.25. The summed E-state index contributed by atoms with van der Waals surface area (Å²) < 4.78 is 5.80. The summed E-state index contributed by atoms with van der Waals surface area (Å²) in [6, 6.07) is 0. The minimum absolute atomic E-state index is 0.103. The van der Waals surface area contributed by atoms with Crippen LogP contribution in [0.25, 0.3) is 0 Å². The van der Waals surface area contributed by atoms with Crippen molar-refractivity contribution in [2.24, 2.45) is 34.0 Å². The summed E-state index contributed by atoms with van der Waals surface area (Å²) in [7, 11) is 1.77. The number of fused-ring (bicyclic) bond motifs is 5. The Morgan fingerprint density at radius 1 is 1.21 bits per heavy atom. The molecule has 0 radical (unpaired) electrons. The van der Waals surface area contributed by atoms with Gasteiger partial charge >= 0.3 is 0 Å². The van der Waals surface area contributed by atoms with Crippen LogP contribution in [0.4, 0.5) is 0 Å². The smallest absolute Gasteiger partial charge is 0.164 e. The number of methoxy groups -OCH3 is 1. The third-order valence-corrected chi connectivity index (χ3v) is 8.12. The Morgan fingerprint density at radius 2 is 1.88 bits per heavy atom. The van der Waals surface area contributed by atoms with Crippen LogP contribution in [0.1, 0.15) is 47.5 Å². The molecule has 0 aromatic rings. The number of carbonyl (C=O) groups is 1. The Kier molecular flexibility index (Phi) is 3.05. The van der Waals surface area contributed by atoms with Gasteiger partial charge in [-0.2, -0.15) is 0 Å². The van der Waals surface area contributed by atoms with Crippen LogP contribution in [0.5, 0.6) is 0 Å². The molecule has 132 valence electrons. The second-order valence-electron chi connectivity index (χ2n) is 9.67. The van der Waals surface area contributed by atoms with Gasteiger partial charge in [0.1, 0.15) is 0 Å². The number of hydrogen-bond acceptors (Lipinski definition) is 3. The molecule has 0 aliphatic heterocycles. The van der Waals surface area contributed by atoms with Crippen molar-refractivity contribution in [3.05, 3.63) is 23.8 Å². The third kappa shape index (κ3) is 1.51. The van der Waals surface area contributed by atoms with Crippen molar-refractivity contribution < 1.29 is 14.6 Å². The highest BCUT2D eigenvalue weighted by atomic mass is 16.5. The molecule has 3 heteroatoms. The quantitative estimate of drug-likeness (QED) is 0.748. The van der Waals surface area contributed by atoms with E-state index in [9.17, 15) is 9.90 Å². The number of allylic oxidation sites excluding steroid dienone is 2. The van der Waals surface area contributed by atoms with E-state index in [0.29, 0.717) is 5.92 Å². The van der Waals surface area contributed by atoms with E-state index >= 15 is 0 Å². The molecular weight excluding hydrogens is 300 g/mol. The summed E-state index contributed by atoms with van der Waals surface area (Å²) in [5.74, 6) is 0.889. The van der Waals surface area contributed by atoms with Gasteiger partial charge in [-0.3, -0.25) is 4.79 Å². The molecule has 2 saturated carbocycles. The van der Waals surface area contributed by atoms with Crippen molar-refractivity contribution in [2.75, 3.05) is 7.11 Å². The van der Waals surface area contributed by atoms with E-state index in [1.807, 2.05) is 13.0 Å². The van der Waals surface area contributed by atoms with Gasteiger partial charge in [0.25, 0.3) is 0 Å². The fourth-order valence-corrected chi connectivity index (χ4v) is 6.97. The van der Waals surface area contributed by atoms with Gasteiger partial charge in [0, 0.05) is 17.9 Å². The lowest BCUT2D eigenvalue weighted by atomic mass is 9.50. The molecule has 0 aromatic carbocycles. The maximum absolute atomic E-state index is 13.2. The molecule has 0 bridgehead atoms. The van der Waals surface area contributed by atoms with E-state index < -0.39 is 16.4 Å². The highest BCUT2D eigenvalue weighted by Gasteiger charge is 2.76. The molecule has 0 unspecified atom stereocenters. The topological polar surface area (TPSA) is 46.5 Å². The molecule has 4 rings (SSSR count). The van der Waals surface area contributed by atoms with Gasteiger partial charge in [0.2, 0.25) is 0 Å². The van der Waals surface area contributed by atoms with Crippen LogP contribution < -0.4 is 0 Å². The van der Waals surface area contributed by atoms with Gasteiger partial charge in [-0.25, -0.2) is 0 Å². The van der Waals surface area contributed by atoms with Crippen molar-refractivity contribution in [2.45, 2.75) is 59.2 Å². The molecule has 4 aliphatic carbocycles. The molecule has 0 aromatic heterocycles. The number of carbonyl (C=O) groups excluding carboxylic acids is 1. The predicted molar refractivity (Wildman–Crippen MR) is 93.3 cm³/mol. The fraction of sp³-hybridized carbons (Fsp3) is 0.762. The first kappa shape index (κ1) is 16.5. The van der Waals surface area contributed by atoms with E-state index in [4.69, 9.17) is 4.74 Å². The van der Waals surface area contributed by atoms with Crippen LogP contribution in [0, 0.1) is 34.0 Å².